The first-order valence-electron chi connectivity index (χ1n) is 18.9. The molecule has 1 amide bonds. The van der Waals surface area contributed by atoms with Crippen LogP contribution in [0.2, 0.25) is 0 Å². The number of hydrogen-bond acceptors (Lipinski definition) is 24. The Balaban J connectivity index is 1.77. The first-order chi connectivity index (χ1) is 27.8. The van der Waals surface area contributed by atoms with Crippen molar-refractivity contribution in [3.8, 4) is 0 Å². The normalized spacial score (nSPS) is 44.2. The van der Waals surface area contributed by atoms with Gasteiger partial charge in [-0.1, -0.05) is 6.92 Å². The van der Waals surface area contributed by atoms with Crippen LogP contribution in [0.15, 0.2) is 0 Å². The van der Waals surface area contributed by atoms with Gasteiger partial charge in [0.25, 0.3) is 5.79 Å². The highest BCUT2D eigenvalue weighted by molar-refractivity contribution is 5.76. The third kappa shape index (κ3) is 10.8. The number of rotatable bonds is 18. The molecule has 21 atom stereocenters. The standard InChI is InChI=1S/C33H59N3O23/c1-11-13(42)6-33(32(50)51,58-25(11)19(44)14(43)7-37)59-28-24(49)31(56-26-16(9-39)53-29(23(48)22(26)47)36(3)52-5-4-34)55-17(10-40)27(28)57-30-18(35-12(2)41)21(46)20(45)15(8-38)54-30/h11,13-31,37-40,42-49H,4-10,34H2,1-3H3,(H,35,41)(H,50,51)/t11-,13?,14-,15?,16?,17?,18?,19-,20+,21-,22-,23?,24?,25-,26-,27+,28-,29-,30+,31+,33+/m1/s1. The number of hydroxylamine groups is 2. The molecule has 4 fully saturated rings. The molecule has 0 radical (unpaired) electrons. The summed E-state index contributed by atoms with van der Waals surface area (Å²) in [4.78, 5) is 30.6. The molecular formula is C33H59N3O23. The van der Waals surface area contributed by atoms with E-state index in [1.807, 2.05) is 0 Å². The quantitative estimate of drug-likeness (QED) is 0.0569. The molecule has 4 heterocycles. The molecule has 4 aliphatic heterocycles. The number of carbonyl (C=O) groups excluding carboxylic acids is 1. The molecule has 16 N–H and O–H groups in total. The molecule has 59 heavy (non-hydrogen) atoms. The number of carboxylic acids is 1. The summed E-state index contributed by atoms with van der Waals surface area (Å²) >= 11 is 0. The number of nitrogens with zero attached hydrogens (tertiary/aromatic N) is 1. The van der Waals surface area contributed by atoms with Gasteiger partial charge in [0, 0.05) is 32.9 Å². The third-order valence-corrected chi connectivity index (χ3v) is 10.7. The van der Waals surface area contributed by atoms with Crippen molar-refractivity contribution in [2.24, 2.45) is 11.7 Å². The molecular weight excluding hydrogens is 806 g/mol. The van der Waals surface area contributed by atoms with Crippen LogP contribution in [0.1, 0.15) is 20.3 Å². The summed E-state index contributed by atoms with van der Waals surface area (Å²) in [7, 11) is 1.35. The van der Waals surface area contributed by atoms with Gasteiger partial charge in [-0.3, -0.25) is 9.63 Å². The smallest absolute Gasteiger partial charge is 0.364 e. The summed E-state index contributed by atoms with van der Waals surface area (Å²) in [5.41, 5.74) is 5.46. The predicted molar refractivity (Wildman–Crippen MR) is 186 cm³/mol. The molecule has 0 aromatic rings. The van der Waals surface area contributed by atoms with E-state index in [2.05, 4.69) is 5.32 Å². The zero-order valence-electron chi connectivity index (χ0n) is 32.4. The minimum absolute atomic E-state index is 0.0188. The van der Waals surface area contributed by atoms with Crippen molar-refractivity contribution in [3.63, 3.8) is 0 Å². The first-order valence-corrected chi connectivity index (χ1v) is 18.9. The van der Waals surface area contributed by atoms with Crippen LogP contribution in [0, 0.1) is 5.92 Å². The van der Waals surface area contributed by atoms with Crippen molar-refractivity contribution < 1.29 is 114 Å². The fraction of sp³-hybridized carbons (Fsp3) is 0.939. The molecule has 0 aromatic heterocycles. The van der Waals surface area contributed by atoms with Gasteiger partial charge in [0.05, 0.1) is 45.2 Å². The van der Waals surface area contributed by atoms with Crippen LogP contribution in [-0.4, -0.2) is 252 Å². The van der Waals surface area contributed by atoms with Crippen molar-refractivity contribution in [1.82, 2.24) is 10.4 Å². The second-order valence-corrected chi connectivity index (χ2v) is 14.8. The number of nitrogens with two attached hydrogens (primary N) is 1. The van der Waals surface area contributed by atoms with Crippen LogP contribution in [-0.2, 0) is 47.6 Å². The predicted octanol–water partition coefficient (Wildman–Crippen LogP) is -9.29. The van der Waals surface area contributed by atoms with E-state index in [1.165, 1.54) is 14.0 Å². The van der Waals surface area contributed by atoms with E-state index in [0.29, 0.717) is 0 Å². The minimum Gasteiger partial charge on any atom is -0.477 e. The maximum atomic E-state index is 13.1. The molecule has 344 valence electrons. The van der Waals surface area contributed by atoms with Crippen molar-refractivity contribution in [1.29, 1.82) is 0 Å². The monoisotopic (exact) mass is 865 g/mol. The first kappa shape index (κ1) is 49.7. The van der Waals surface area contributed by atoms with Crippen LogP contribution in [0.3, 0.4) is 0 Å². The second kappa shape index (κ2) is 21.4. The lowest BCUT2D eigenvalue weighted by Crippen LogP contribution is -2.70. The van der Waals surface area contributed by atoms with Gasteiger partial charge in [-0.05, 0) is 0 Å². The number of nitrogens with one attached hydrogen (secondary N) is 1. The Morgan fingerprint density at radius 3 is 1.98 bits per heavy atom. The van der Waals surface area contributed by atoms with Gasteiger partial charge in [-0.15, -0.1) is 0 Å². The third-order valence-electron chi connectivity index (χ3n) is 10.7. The van der Waals surface area contributed by atoms with E-state index in [-0.39, 0.29) is 13.2 Å². The highest BCUT2D eigenvalue weighted by atomic mass is 16.8. The lowest BCUT2D eigenvalue weighted by atomic mass is 9.84. The Hall–Kier alpha value is -1.94. The van der Waals surface area contributed by atoms with Gasteiger partial charge in [0.1, 0.15) is 85.4 Å². The van der Waals surface area contributed by atoms with E-state index in [0.717, 1.165) is 12.0 Å². The molecule has 4 saturated heterocycles. The van der Waals surface area contributed by atoms with Crippen molar-refractivity contribution in [2.75, 3.05) is 46.6 Å². The number of carboxylic acid groups (broad SMARTS) is 1. The maximum absolute atomic E-state index is 13.1. The molecule has 4 aliphatic rings. The van der Waals surface area contributed by atoms with Crippen molar-refractivity contribution in [2.45, 2.75) is 142 Å². The number of ether oxygens (including phenoxy) is 7. The zero-order chi connectivity index (χ0) is 44.1. The molecule has 0 saturated carbocycles. The van der Waals surface area contributed by atoms with Gasteiger partial charge < -0.3 is 111 Å². The molecule has 0 spiro atoms. The Bertz CT molecular complexity index is 1340. The lowest BCUT2D eigenvalue weighted by molar-refractivity contribution is -0.403. The molecule has 0 aliphatic carbocycles. The molecule has 0 bridgehead atoms. The summed E-state index contributed by atoms with van der Waals surface area (Å²) < 4.78 is 40.9. The van der Waals surface area contributed by atoms with Gasteiger partial charge in [0.2, 0.25) is 5.91 Å². The summed E-state index contributed by atoms with van der Waals surface area (Å²) in [6.45, 7) is -1.42. The SMILES string of the molecule is CC(=O)NC1[C@H](O[C@H]2C(CO)O[C@@H](O[C@@H]3C(CO)O[C@@H](N(C)OCCN)C(O)[C@H]3O)C(O)[C@H]2O[C@]2(C(=O)O)CC(O)[C@@H](C)[C@H]([C@H](O)[C@H](O)CO)O2)OC(CO)[C@H](O)[C@@H]1O. The molecule has 0 aromatic carbocycles. The Kier molecular flexibility index (Phi) is 18.1. The van der Waals surface area contributed by atoms with Crippen LogP contribution >= 0.6 is 0 Å². The lowest BCUT2D eigenvalue weighted by Gasteiger charge is -2.52. The number of likely N-dealkylation sites (N-methyl/N-ethyl adjacent to an activating group) is 1. The van der Waals surface area contributed by atoms with E-state index < -0.39 is 173 Å². The van der Waals surface area contributed by atoms with E-state index in [1.54, 1.807) is 0 Å². The summed E-state index contributed by atoms with van der Waals surface area (Å²) in [5.74, 6) is -6.91. The minimum atomic E-state index is -3.06. The second-order valence-electron chi connectivity index (χ2n) is 14.8. The van der Waals surface area contributed by atoms with Gasteiger partial charge in [-0.2, -0.15) is 5.06 Å². The number of hydrogen-bond donors (Lipinski definition) is 15. The molecule has 26 heteroatoms. The fourth-order valence-electron chi connectivity index (χ4n) is 7.40. The van der Waals surface area contributed by atoms with Gasteiger partial charge in [0.15, 0.2) is 18.8 Å². The number of aliphatic hydroxyl groups is 12. The Morgan fingerprint density at radius 1 is 0.831 bits per heavy atom. The van der Waals surface area contributed by atoms with Crippen molar-refractivity contribution >= 4 is 11.9 Å². The summed E-state index contributed by atoms with van der Waals surface area (Å²) in [6.07, 6.45) is -34.1. The maximum Gasteiger partial charge on any atom is 0.364 e. The number of amides is 1. The fourth-order valence-corrected chi connectivity index (χ4v) is 7.40. The number of aliphatic carboxylic acids is 1. The average Bonchev–Trinajstić information content (AvgIpc) is 3.20. The molecule has 4 rings (SSSR count). The van der Waals surface area contributed by atoms with Crippen molar-refractivity contribution in [3.05, 3.63) is 0 Å². The van der Waals surface area contributed by atoms with Crippen LogP contribution in [0.25, 0.3) is 0 Å². The summed E-state index contributed by atoms with van der Waals surface area (Å²) in [5, 5.41) is 142. The molecule has 26 nitrogen and oxygen atoms in total. The average molecular weight is 866 g/mol. The van der Waals surface area contributed by atoms with E-state index >= 15 is 0 Å². The zero-order valence-corrected chi connectivity index (χ0v) is 32.4. The van der Waals surface area contributed by atoms with Crippen LogP contribution < -0.4 is 11.1 Å². The Labute approximate surface area is 337 Å². The van der Waals surface area contributed by atoms with Gasteiger partial charge in [-0.25, -0.2) is 4.79 Å². The number of carbonyl (C=O) groups is 2. The molecule has 7 unspecified atom stereocenters. The van der Waals surface area contributed by atoms with Crippen LogP contribution in [0.5, 0.6) is 0 Å². The van der Waals surface area contributed by atoms with E-state index in [9.17, 15) is 76.0 Å². The number of aliphatic hydroxyl groups excluding tert-OH is 12. The topological polar surface area (TPSA) is 412 Å². The highest BCUT2D eigenvalue weighted by Gasteiger charge is 2.61. The summed E-state index contributed by atoms with van der Waals surface area (Å²) in [6, 6.07) is -1.64. The largest absolute Gasteiger partial charge is 0.477 e. The van der Waals surface area contributed by atoms with E-state index in [4.69, 9.17) is 43.7 Å². The Morgan fingerprint density at radius 2 is 1.42 bits per heavy atom. The van der Waals surface area contributed by atoms with Gasteiger partial charge >= 0.3 is 5.97 Å². The highest BCUT2D eigenvalue weighted by Crippen LogP contribution is 2.41. The van der Waals surface area contributed by atoms with Crippen LogP contribution in [0.4, 0.5) is 0 Å².